The van der Waals surface area contributed by atoms with Gasteiger partial charge in [0.05, 0.1) is 5.60 Å². The minimum atomic E-state index is -0.979. The Bertz CT molecular complexity index is 359. The van der Waals surface area contributed by atoms with Crippen LogP contribution in [0.5, 0.6) is 0 Å². The van der Waals surface area contributed by atoms with Gasteiger partial charge in [0.15, 0.2) is 0 Å². The van der Waals surface area contributed by atoms with Gasteiger partial charge >= 0.3 is 0 Å². The van der Waals surface area contributed by atoms with Gasteiger partial charge in [0.25, 0.3) is 0 Å². The molecule has 1 fully saturated rings. The number of hydrogen-bond acceptors (Lipinski definition) is 1. The predicted octanol–water partition coefficient (Wildman–Crippen LogP) is 3.63. The van der Waals surface area contributed by atoms with E-state index in [2.05, 4.69) is 0 Å². The van der Waals surface area contributed by atoms with Crippen molar-refractivity contribution >= 4 is 11.6 Å². The summed E-state index contributed by atoms with van der Waals surface area (Å²) in [6.07, 6.45) is 4.33. The molecular weight excluding hydrogens is 215 g/mol. The molecule has 1 saturated carbocycles. The van der Waals surface area contributed by atoms with Crippen LogP contribution in [-0.2, 0) is 5.60 Å². The zero-order valence-corrected chi connectivity index (χ0v) is 9.23. The number of hydrogen-bond donors (Lipinski definition) is 1. The van der Waals surface area contributed by atoms with Crippen LogP contribution in [0, 0.1) is 5.82 Å². The van der Waals surface area contributed by atoms with Crippen molar-refractivity contribution in [2.45, 2.75) is 37.7 Å². The average molecular weight is 229 g/mol. The molecule has 1 aliphatic rings. The highest BCUT2D eigenvalue weighted by atomic mass is 35.5. The average Bonchev–Trinajstić information content (AvgIpc) is 2.18. The first-order valence-electron chi connectivity index (χ1n) is 5.30. The fraction of sp³-hybridized carbons (Fsp3) is 0.500. The van der Waals surface area contributed by atoms with Crippen LogP contribution in [0.4, 0.5) is 4.39 Å². The summed E-state index contributed by atoms with van der Waals surface area (Å²) in [7, 11) is 0. The first kappa shape index (κ1) is 10.9. The van der Waals surface area contributed by atoms with Crippen molar-refractivity contribution < 1.29 is 9.50 Å². The maximum absolute atomic E-state index is 13.6. The summed E-state index contributed by atoms with van der Waals surface area (Å²) in [5.74, 6) is -0.396. The van der Waals surface area contributed by atoms with Crippen LogP contribution in [0.25, 0.3) is 0 Å². The highest BCUT2D eigenvalue weighted by Crippen LogP contribution is 2.38. The third kappa shape index (κ3) is 2.16. The molecule has 0 spiro atoms. The van der Waals surface area contributed by atoms with Crippen molar-refractivity contribution in [3.63, 3.8) is 0 Å². The molecule has 1 nitrogen and oxygen atoms in total. The van der Waals surface area contributed by atoms with Gasteiger partial charge in [-0.25, -0.2) is 4.39 Å². The summed E-state index contributed by atoms with van der Waals surface area (Å²) in [4.78, 5) is 0. The molecule has 15 heavy (non-hydrogen) atoms. The van der Waals surface area contributed by atoms with E-state index in [4.69, 9.17) is 11.6 Å². The second-order valence-electron chi connectivity index (χ2n) is 4.22. The second-order valence-corrected chi connectivity index (χ2v) is 4.65. The molecule has 82 valence electrons. The van der Waals surface area contributed by atoms with Crippen molar-refractivity contribution in [2.24, 2.45) is 0 Å². The Hall–Kier alpha value is -0.600. The Morgan fingerprint density at radius 2 is 1.87 bits per heavy atom. The number of benzene rings is 1. The van der Waals surface area contributed by atoms with E-state index in [1.165, 1.54) is 6.07 Å². The molecule has 2 rings (SSSR count). The largest absolute Gasteiger partial charge is 0.385 e. The van der Waals surface area contributed by atoms with E-state index >= 15 is 0 Å². The fourth-order valence-corrected chi connectivity index (χ4v) is 2.43. The Balaban J connectivity index is 2.35. The lowest BCUT2D eigenvalue weighted by Gasteiger charge is -2.32. The summed E-state index contributed by atoms with van der Waals surface area (Å²) < 4.78 is 13.6. The smallest absolute Gasteiger partial charge is 0.130 e. The Labute approximate surface area is 93.9 Å². The highest BCUT2D eigenvalue weighted by Gasteiger charge is 2.33. The summed E-state index contributed by atoms with van der Waals surface area (Å²) >= 11 is 5.68. The quantitative estimate of drug-likeness (QED) is 0.778. The molecule has 0 unspecified atom stereocenters. The normalized spacial score (nSPS) is 20.2. The summed E-state index contributed by atoms with van der Waals surface area (Å²) in [5.41, 5.74) is -0.584. The van der Waals surface area contributed by atoms with Gasteiger partial charge in [-0.2, -0.15) is 0 Å². The molecule has 0 bridgehead atoms. The van der Waals surface area contributed by atoms with Gasteiger partial charge in [0.2, 0.25) is 0 Å². The van der Waals surface area contributed by atoms with Crippen LogP contribution in [0.1, 0.15) is 37.7 Å². The molecule has 0 amide bonds. The first-order valence-corrected chi connectivity index (χ1v) is 5.67. The van der Waals surface area contributed by atoms with Gasteiger partial charge < -0.3 is 5.11 Å². The van der Waals surface area contributed by atoms with Crippen LogP contribution < -0.4 is 0 Å². The lowest BCUT2D eigenvalue weighted by molar-refractivity contribution is -0.00372. The maximum Gasteiger partial charge on any atom is 0.130 e. The van der Waals surface area contributed by atoms with Crippen molar-refractivity contribution in [1.29, 1.82) is 0 Å². The molecule has 1 aliphatic carbocycles. The van der Waals surface area contributed by atoms with Crippen molar-refractivity contribution in [1.82, 2.24) is 0 Å². The molecule has 0 atom stereocenters. The van der Waals surface area contributed by atoms with E-state index in [1.807, 2.05) is 0 Å². The molecular formula is C12H14ClFO. The molecule has 0 aliphatic heterocycles. The zero-order chi connectivity index (χ0) is 10.9. The monoisotopic (exact) mass is 228 g/mol. The van der Waals surface area contributed by atoms with Gasteiger partial charge in [0, 0.05) is 10.6 Å². The minimum absolute atomic E-state index is 0.371. The predicted molar refractivity (Wildman–Crippen MR) is 58.4 cm³/mol. The van der Waals surface area contributed by atoms with Crippen molar-refractivity contribution in [3.8, 4) is 0 Å². The maximum atomic E-state index is 13.6. The SMILES string of the molecule is OC1(c2ccc(Cl)cc2F)CCCCC1. The lowest BCUT2D eigenvalue weighted by atomic mass is 9.79. The Morgan fingerprint density at radius 3 is 2.47 bits per heavy atom. The van der Waals surface area contributed by atoms with Crippen LogP contribution >= 0.6 is 11.6 Å². The van der Waals surface area contributed by atoms with Crippen LogP contribution in [0.15, 0.2) is 18.2 Å². The molecule has 1 N–H and O–H groups in total. The molecule has 1 aromatic rings. The van der Waals surface area contributed by atoms with E-state index in [0.717, 1.165) is 19.3 Å². The van der Waals surface area contributed by atoms with E-state index in [-0.39, 0.29) is 0 Å². The zero-order valence-electron chi connectivity index (χ0n) is 8.47. The third-order valence-corrected chi connectivity index (χ3v) is 3.35. The summed E-state index contributed by atoms with van der Waals surface area (Å²) in [6, 6.07) is 4.50. The number of aliphatic hydroxyl groups is 1. The van der Waals surface area contributed by atoms with Gasteiger partial charge in [-0.15, -0.1) is 0 Å². The van der Waals surface area contributed by atoms with Crippen molar-refractivity contribution in [3.05, 3.63) is 34.6 Å². The summed E-state index contributed by atoms with van der Waals surface area (Å²) in [6.45, 7) is 0. The summed E-state index contributed by atoms with van der Waals surface area (Å²) in [5, 5.41) is 10.7. The molecule has 0 saturated heterocycles. The molecule has 0 heterocycles. The Kier molecular flexibility index (Phi) is 2.98. The number of halogens is 2. The van der Waals surface area contributed by atoms with Crippen LogP contribution in [0.3, 0.4) is 0 Å². The third-order valence-electron chi connectivity index (χ3n) is 3.11. The van der Waals surface area contributed by atoms with Gasteiger partial charge in [-0.1, -0.05) is 36.9 Å². The molecule has 0 aromatic heterocycles. The van der Waals surface area contributed by atoms with E-state index in [1.54, 1.807) is 12.1 Å². The topological polar surface area (TPSA) is 20.2 Å². The number of rotatable bonds is 1. The lowest BCUT2D eigenvalue weighted by Crippen LogP contribution is -2.29. The van der Waals surface area contributed by atoms with E-state index in [0.29, 0.717) is 23.4 Å². The minimum Gasteiger partial charge on any atom is -0.385 e. The Morgan fingerprint density at radius 1 is 1.20 bits per heavy atom. The van der Waals surface area contributed by atoms with E-state index < -0.39 is 11.4 Å². The fourth-order valence-electron chi connectivity index (χ4n) is 2.27. The standard InChI is InChI=1S/C12H14ClFO/c13-9-4-5-10(11(14)8-9)12(15)6-2-1-3-7-12/h4-5,8,15H,1-3,6-7H2. The van der Waals surface area contributed by atoms with E-state index in [9.17, 15) is 9.50 Å². The van der Waals surface area contributed by atoms with Crippen molar-refractivity contribution in [2.75, 3.05) is 0 Å². The van der Waals surface area contributed by atoms with Gasteiger partial charge in [-0.3, -0.25) is 0 Å². The van der Waals surface area contributed by atoms with Gasteiger partial charge in [-0.05, 0) is 25.0 Å². The van der Waals surface area contributed by atoms with Crippen LogP contribution in [0.2, 0.25) is 5.02 Å². The second kappa shape index (κ2) is 4.11. The molecule has 0 radical (unpaired) electrons. The van der Waals surface area contributed by atoms with Gasteiger partial charge in [0.1, 0.15) is 5.82 Å². The van der Waals surface area contributed by atoms with Crippen LogP contribution in [-0.4, -0.2) is 5.11 Å². The highest BCUT2D eigenvalue weighted by molar-refractivity contribution is 6.30. The molecule has 3 heteroatoms. The first-order chi connectivity index (χ1) is 7.12. The molecule has 1 aromatic carbocycles.